The van der Waals surface area contributed by atoms with E-state index in [2.05, 4.69) is 5.32 Å². The monoisotopic (exact) mass is 430 g/mol. The third-order valence-corrected chi connectivity index (χ3v) is 4.53. The van der Waals surface area contributed by atoms with E-state index in [-0.39, 0.29) is 6.42 Å². The van der Waals surface area contributed by atoms with Crippen molar-refractivity contribution in [3.8, 4) is 0 Å². The average Bonchev–Trinajstić information content (AvgIpc) is 3.12. The molecule has 1 atom stereocenters. The number of halogens is 3. The SMILES string of the molecule is CN(CC(=O)N[C@@H](Cc1ccsc1)OB(O)O)C(=O)c1ccccc1C(F)(F)F. The van der Waals surface area contributed by atoms with Gasteiger partial charge in [0.25, 0.3) is 5.91 Å². The Morgan fingerprint density at radius 3 is 2.55 bits per heavy atom. The van der Waals surface area contributed by atoms with Crippen LogP contribution in [-0.2, 0) is 22.0 Å². The average molecular weight is 430 g/mol. The quantitative estimate of drug-likeness (QED) is 0.436. The molecule has 2 amide bonds. The van der Waals surface area contributed by atoms with Gasteiger partial charge < -0.3 is 24.9 Å². The summed E-state index contributed by atoms with van der Waals surface area (Å²) in [5.74, 6) is -1.73. The summed E-state index contributed by atoms with van der Waals surface area (Å²) in [5, 5.41) is 23.9. The fourth-order valence-electron chi connectivity index (χ4n) is 2.54. The van der Waals surface area contributed by atoms with Crippen LogP contribution in [0.5, 0.6) is 0 Å². The molecular formula is C17H18BF3N2O5S. The van der Waals surface area contributed by atoms with Crippen molar-refractivity contribution in [2.75, 3.05) is 13.6 Å². The van der Waals surface area contributed by atoms with Crippen LogP contribution >= 0.6 is 11.3 Å². The second-order valence-corrected chi connectivity index (χ2v) is 6.84. The molecular weight excluding hydrogens is 412 g/mol. The third-order valence-electron chi connectivity index (χ3n) is 3.80. The van der Waals surface area contributed by atoms with Gasteiger partial charge in [-0.3, -0.25) is 9.59 Å². The van der Waals surface area contributed by atoms with Gasteiger partial charge in [0.05, 0.1) is 17.7 Å². The van der Waals surface area contributed by atoms with Crippen molar-refractivity contribution < 1.29 is 37.5 Å². The molecule has 1 aromatic heterocycles. The number of benzene rings is 1. The Labute approximate surface area is 168 Å². The van der Waals surface area contributed by atoms with Gasteiger partial charge >= 0.3 is 13.5 Å². The van der Waals surface area contributed by atoms with Gasteiger partial charge in [-0.15, -0.1) is 0 Å². The second-order valence-electron chi connectivity index (χ2n) is 6.06. The Morgan fingerprint density at radius 2 is 1.97 bits per heavy atom. The minimum absolute atomic E-state index is 0.126. The maximum absolute atomic E-state index is 13.1. The summed E-state index contributed by atoms with van der Waals surface area (Å²) >= 11 is 1.40. The zero-order valence-electron chi connectivity index (χ0n) is 15.2. The number of nitrogens with zero attached hydrogens (tertiary/aromatic N) is 1. The smallest absolute Gasteiger partial charge is 0.402 e. The van der Waals surface area contributed by atoms with Crippen LogP contribution in [0, 0.1) is 0 Å². The summed E-state index contributed by atoms with van der Waals surface area (Å²) in [7, 11) is -0.956. The largest absolute Gasteiger partial charge is 0.635 e. The highest BCUT2D eigenvalue weighted by molar-refractivity contribution is 7.07. The number of carbonyl (C=O) groups is 2. The zero-order valence-corrected chi connectivity index (χ0v) is 16.0. The molecule has 0 unspecified atom stereocenters. The fourth-order valence-corrected chi connectivity index (χ4v) is 3.22. The van der Waals surface area contributed by atoms with Gasteiger partial charge in [-0.1, -0.05) is 12.1 Å². The normalized spacial score (nSPS) is 12.3. The first-order chi connectivity index (χ1) is 13.6. The summed E-state index contributed by atoms with van der Waals surface area (Å²) in [5.41, 5.74) is -0.907. The molecule has 3 N–H and O–H groups in total. The second kappa shape index (κ2) is 9.88. The Kier molecular flexibility index (Phi) is 7.79. The van der Waals surface area contributed by atoms with Gasteiger partial charge in [0.2, 0.25) is 5.91 Å². The van der Waals surface area contributed by atoms with Crippen LogP contribution < -0.4 is 5.32 Å². The van der Waals surface area contributed by atoms with E-state index in [1.807, 2.05) is 0 Å². The highest BCUT2D eigenvalue weighted by atomic mass is 32.1. The van der Waals surface area contributed by atoms with Crippen molar-refractivity contribution in [2.24, 2.45) is 0 Å². The van der Waals surface area contributed by atoms with Gasteiger partial charge in [0.1, 0.15) is 6.23 Å². The molecule has 0 radical (unpaired) electrons. The molecule has 0 aliphatic rings. The van der Waals surface area contributed by atoms with E-state index in [4.69, 9.17) is 14.7 Å². The lowest BCUT2D eigenvalue weighted by atomic mass is 10.1. The first kappa shape index (κ1) is 22.9. The topological polar surface area (TPSA) is 99.1 Å². The molecule has 1 aromatic carbocycles. The highest BCUT2D eigenvalue weighted by Gasteiger charge is 2.35. The molecule has 29 heavy (non-hydrogen) atoms. The van der Waals surface area contributed by atoms with Crippen molar-refractivity contribution in [1.82, 2.24) is 10.2 Å². The van der Waals surface area contributed by atoms with E-state index in [0.29, 0.717) is 0 Å². The number of thiophene rings is 1. The van der Waals surface area contributed by atoms with Gasteiger partial charge in [-0.05, 0) is 34.5 Å². The van der Waals surface area contributed by atoms with E-state index in [1.54, 1.807) is 16.8 Å². The van der Waals surface area contributed by atoms with Crippen molar-refractivity contribution >= 4 is 30.5 Å². The van der Waals surface area contributed by atoms with Crippen LogP contribution in [0.4, 0.5) is 13.2 Å². The molecule has 0 spiro atoms. The van der Waals surface area contributed by atoms with Crippen LogP contribution in [0.1, 0.15) is 21.5 Å². The lowest BCUT2D eigenvalue weighted by Crippen LogP contribution is -2.46. The molecule has 12 heteroatoms. The third kappa shape index (κ3) is 6.85. The van der Waals surface area contributed by atoms with Gasteiger partial charge in [0.15, 0.2) is 0 Å². The summed E-state index contributed by atoms with van der Waals surface area (Å²) in [4.78, 5) is 25.5. The Bertz CT molecular complexity index is 833. The zero-order chi connectivity index (χ0) is 21.6. The summed E-state index contributed by atoms with van der Waals surface area (Å²) in [6, 6.07) is 6.03. The van der Waals surface area contributed by atoms with Gasteiger partial charge in [-0.2, -0.15) is 24.5 Å². The number of hydrogen-bond acceptors (Lipinski definition) is 6. The summed E-state index contributed by atoms with van der Waals surface area (Å²) in [6.07, 6.45) is -5.70. The minimum Gasteiger partial charge on any atom is -0.402 e. The number of hydrogen-bond donors (Lipinski definition) is 3. The van der Waals surface area contributed by atoms with E-state index >= 15 is 0 Å². The van der Waals surface area contributed by atoms with Crippen molar-refractivity contribution in [2.45, 2.75) is 18.8 Å². The first-order valence-electron chi connectivity index (χ1n) is 8.31. The number of nitrogens with one attached hydrogen (secondary N) is 1. The molecule has 2 aromatic rings. The molecule has 0 fully saturated rings. The fraction of sp³-hybridized carbons (Fsp3) is 0.294. The summed E-state index contributed by atoms with van der Waals surface area (Å²) in [6.45, 7) is -0.559. The maximum atomic E-state index is 13.1. The summed E-state index contributed by atoms with van der Waals surface area (Å²) < 4.78 is 44.1. The van der Waals surface area contributed by atoms with Crippen LogP contribution in [-0.4, -0.2) is 53.9 Å². The molecule has 0 aliphatic heterocycles. The van der Waals surface area contributed by atoms with Crippen molar-refractivity contribution in [3.63, 3.8) is 0 Å². The maximum Gasteiger partial charge on any atom is 0.635 e. The van der Waals surface area contributed by atoms with E-state index in [9.17, 15) is 22.8 Å². The Balaban J connectivity index is 2.04. The van der Waals surface area contributed by atoms with Gasteiger partial charge in [0, 0.05) is 13.5 Å². The molecule has 0 aliphatic carbocycles. The van der Waals surface area contributed by atoms with Gasteiger partial charge in [-0.25, -0.2) is 0 Å². The van der Waals surface area contributed by atoms with E-state index < -0.39 is 49.2 Å². The highest BCUT2D eigenvalue weighted by Crippen LogP contribution is 2.32. The predicted octanol–water partition coefficient (Wildman–Crippen LogP) is 1.51. The van der Waals surface area contributed by atoms with Crippen molar-refractivity contribution in [3.05, 3.63) is 57.8 Å². The molecule has 156 valence electrons. The molecule has 2 rings (SSSR count). The van der Waals surface area contributed by atoms with Crippen LogP contribution in [0.2, 0.25) is 0 Å². The standard InChI is InChI=1S/C17H18BF3N2O5S/c1-23(16(25)12-4-2-3-5-13(12)17(19,20)21)9-14(24)22-15(28-18(26)27)8-11-6-7-29-10-11/h2-7,10,15,26-27H,8-9H2,1H3,(H,22,24)/t15-/m1/s1. The molecule has 1 heterocycles. The van der Waals surface area contributed by atoms with E-state index in [0.717, 1.165) is 22.6 Å². The number of amides is 2. The van der Waals surface area contributed by atoms with Crippen LogP contribution in [0.15, 0.2) is 41.1 Å². The number of carbonyl (C=O) groups excluding carboxylic acids is 2. The molecule has 0 saturated carbocycles. The lowest BCUT2D eigenvalue weighted by molar-refractivity contribution is -0.138. The molecule has 7 nitrogen and oxygen atoms in total. The molecule has 0 saturated heterocycles. The van der Waals surface area contributed by atoms with Crippen LogP contribution in [0.25, 0.3) is 0 Å². The Hall–Kier alpha value is -2.41. The Morgan fingerprint density at radius 1 is 1.28 bits per heavy atom. The molecule has 0 bridgehead atoms. The van der Waals surface area contributed by atoms with Crippen molar-refractivity contribution in [1.29, 1.82) is 0 Å². The number of likely N-dealkylation sites (N-methyl/N-ethyl adjacent to an activating group) is 1. The van der Waals surface area contributed by atoms with E-state index in [1.165, 1.54) is 30.5 Å². The first-order valence-corrected chi connectivity index (χ1v) is 9.26. The number of rotatable bonds is 8. The predicted molar refractivity (Wildman–Crippen MR) is 99.6 cm³/mol. The lowest BCUT2D eigenvalue weighted by Gasteiger charge is -2.22. The van der Waals surface area contributed by atoms with Crippen LogP contribution in [0.3, 0.4) is 0 Å². The minimum atomic E-state index is -4.72. The number of alkyl halides is 3.